The molecule has 0 radical (unpaired) electrons. The average molecular weight is 467 g/mol. The van der Waals surface area contributed by atoms with Crippen LogP contribution in [0.3, 0.4) is 0 Å². The Balaban J connectivity index is 3.12. The van der Waals surface area contributed by atoms with Gasteiger partial charge in [0.1, 0.15) is 0 Å². The van der Waals surface area contributed by atoms with Crippen molar-refractivity contribution in [3.05, 3.63) is 36.0 Å². The summed E-state index contributed by atoms with van der Waals surface area (Å²) in [5.74, 6) is 1.53. The molecular weight excluding hydrogens is 416 g/mol. The van der Waals surface area contributed by atoms with Crippen molar-refractivity contribution in [3.63, 3.8) is 0 Å². The molecule has 1 atom stereocenters. The quantitative estimate of drug-likeness (QED) is 0.255. The second-order valence-electron chi connectivity index (χ2n) is 13.0. The number of hydrogen-bond acceptors (Lipinski definition) is 3. The van der Waals surface area contributed by atoms with Crippen molar-refractivity contribution in [2.24, 2.45) is 11.3 Å². The van der Waals surface area contributed by atoms with Gasteiger partial charge in [-0.05, 0) is 72.7 Å². The van der Waals surface area contributed by atoms with E-state index in [4.69, 9.17) is 13.3 Å². The molecule has 0 aliphatic carbocycles. The molecule has 1 aromatic rings. The number of rotatable bonds is 10. The van der Waals surface area contributed by atoms with Crippen LogP contribution >= 0.6 is 0 Å². The van der Waals surface area contributed by atoms with Crippen LogP contribution in [-0.4, -0.2) is 23.2 Å². The fraction of sp³-hybridized carbons (Fsp3) is 0.769. The molecule has 3 nitrogen and oxygen atoms in total. The summed E-state index contributed by atoms with van der Waals surface area (Å²) in [5, 5.41) is 0.355. The van der Waals surface area contributed by atoms with E-state index >= 15 is 0 Å². The van der Waals surface area contributed by atoms with Gasteiger partial charge in [0.05, 0.1) is 18.3 Å². The van der Waals surface area contributed by atoms with E-state index < -0.39 is 16.6 Å². The second kappa shape index (κ2) is 10.0. The predicted octanol–water partition coefficient (Wildman–Crippen LogP) is 8.80. The average Bonchev–Trinajstić information content (AvgIpc) is 3.09. The van der Waals surface area contributed by atoms with Gasteiger partial charge in [-0.15, -0.1) is 0 Å². The minimum atomic E-state index is -1.96. The Kier molecular flexibility index (Phi) is 9.12. The van der Waals surface area contributed by atoms with E-state index in [-0.39, 0.29) is 15.5 Å². The summed E-state index contributed by atoms with van der Waals surface area (Å²) < 4.78 is 18.8. The normalized spacial score (nSPS) is 15.8. The molecule has 0 saturated carbocycles. The maximum atomic E-state index is 6.94. The fourth-order valence-corrected chi connectivity index (χ4v) is 5.00. The molecule has 1 rings (SSSR count). The molecule has 0 amide bonds. The van der Waals surface area contributed by atoms with Crippen LogP contribution in [0.1, 0.15) is 74.3 Å². The molecule has 0 N–H and O–H groups in total. The van der Waals surface area contributed by atoms with Gasteiger partial charge in [-0.1, -0.05) is 62.3 Å². The van der Waals surface area contributed by atoms with Crippen molar-refractivity contribution in [2.75, 3.05) is 6.61 Å². The molecule has 1 heterocycles. The topological polar surface area (TPSA) is 31.6 Å². The van der Waals surface area contributed by atoms with Crippen molar-refractivity contribution >= 4 is 16.6 Å². The van der Waals surface area contributed by atoms with Gasteiger partial charge in [0.2, 0.25) is 8.32 Å². The molecule has 0 spiro atoms. The van der Waals surface area contributed by atoms with Crippen LogP contribution in [0.5, 0.6) is 0 Å². The van der Waals surface area contributed by atoms with E-state index in [0.717, 1.165) is 18.6 Å². The summed E-state index contributed by atoms with van der Waals surface area (Å²) in [7, 11) is -3.79. The maximum Gasteiger partial charge on any atom is 0.250 e. The summed E-state index contributed by atoms with van der Waals surface area (Å²) >= 11 is 0. The highest BCUT2D eigenvalue weighted by molar-refractivity contribution is 6.74. The molecule has 31 heavy (non-hydrogen) atoms. The smallest absolute Gasteiger partial charge is 0.250 e. The Labute approximate surface area is 195 Å². The first-order valence-electron chi connectivity index (χ1n) is 11.8. The minimum Gasteiger partial charge on any atom is -0.546 e. The van der Waals surface area contributed by atoms with Crippen molar-refractivity contribution in [2.45, 2.75) is 111 Å². The first-order chi connectivity index (χ1) is 13.8. The molecular formula is C26H50O3Si2. The number of hydrogen-bond donors (Lipinski definition) is 0. The molecule has 0 unspecified atom stereocenters. The SMILES string of the molecule is C[C@H](/C=C(\O[Si](C)(C)C(C)(C)C)C(C)(C)CO[Si](C)(C)C(C)(C)C)CCc1ccoc1. The summed E-state index contributed by atoms with van der Waals surface area (Å²) in [5.41, 5.74) is 1.09. The zero-order chi connectivity index (χ0) is 24.3. The zero-order valence-electron chi connectivity index (χ0n) is 22.7. The van der Waals surface area contributed by atoms with Gasteiger partial charge in [-0.2, -0.15) is 0 Å². The fourth-order valence-electron chi connectivity index (χ4n) is 2.65. The highest BCUT2D eigenvalue weighted by Gasteiger charge is 2.43. The standard InChI is InChI=1S/C26H50O3Si2/c1-21(14-15-22-16-17-27-19-22)18-23(29-31(12,13)25(5,6)7)26(8,9)20-28-30(10,11)24(2,3)4/h16-19,21H,14-15,20H2,1-13H3/b23-18-/t21-/m0/s1. The third-order valence-electron chi connectivity index (χ3n) is 7.34. The van der Waals surface area contributed by atoms with Crippen LogP contribution in [0.15, 0.2) is 34.8 Å². The third kappa shape index (κ3) is 8.25. The van der Waals surface area contributed by atoms with Crippen molar-refractivity contribution in [1.82, 2.24) is 0 Å². The molecule has 0 aliphatic heterocycles. The minimum absolute atomic E-state index is 0.155. The van der Waals surface area contributed by atoms with Crippen molar-refractivity contribution in [3.8, 4) is 0 Å². The van der Waals surface area contributed by atoms with E-state index in [2.05, 4.69) is 101 Å². The molecule has 1 aromatic heterocycles. The van der Waals surface area contributed by atoms with Crippen LogP contribution in [0, 0.1) is 11.3 Å². The van der Waals surface area contributed by atoms with Gasteiger partial charge >= 0.3 is 0 Å². The number of aryl methyl sites for hydroxylation is 1. The van der Waals surface area contributed by atoms with Crippen LogP contribution in [0.25, 0.3) is 0 Å². The monoisotopic (exact) mass is 466 g/mol. The Bertz CT molecular complexity index is 702. The predicted molar refractivity (Wildman–Crippen MR) is 139 cm³/mol. The number of furan rings is 1. The van der Waals surface area contributed by atoms with Crippen molar-refractivity contribution in [1.29, 1.82) is 0 Å². The van der Waals surface area contributed by atoms with E-state index in [1.807, 2.05) is 6.26 Å². The van der Waals surface area contributed by atoms with Gasteiger partial charge in [-0.25, -0.2) is 0 Å². The van der Waals surface area contributed by atoms with E-state index in [1.165, 1.54) is 5.56 Å². The summed E-state index contributed by atoms with van der Waals surface area (Å²) in [4.78, 5) is 0. The highest BCUT2D eigenvalue weighted by atomic mass is 28.4. The molecule has 180 valence electrons. The molecule has 0 fully saturated rings. The lowest BCUT2D eigenvalue weighted by Crippen LogP contribution is -2.46. The van der Waals surface area contributed by atoms with Crippen molar-refractivity contribution < 1.29 is 13.3 Å². The molecule has 0 aromatic carbocycles. The number of allylic oxidation sites excluding steroid dienone is 1. The summed E-state index contributed by atoms with van der Waals surface area (Å²) in [6, 6.07) is 2.06. The Morgan fingerprint density at radius 3 is 1.97 bits per heavy atom. The third-order valence-corrected chi connectivity index (χ3v) is 16.2. The maximum absolute atomic E-state index is 6.94. The summed E-state index contributed by atoms with van der Waals surface area (Å²) in [6.07, 6.45) is 8.06. The Morgan fingerprint density at radius 1 is 0.968 bits per heavy atom. The van der Waals surface area contributed by atoms with E-state index in [1.54, 1.807) is 6.26 Å². The van der Waals surface area contributed by atoms with Gasteiger partial charge < -0.3 is 13.3 Å². The van der Waals surface area contributed by atoms with Gasteiger partial charge in [0.25, 0.3) is 0 Å². The van der Waals surface area contributed by atoms with Crippen LogP contribution in [-0.2, 0) is 15.3 Å². The summed E-state index contributed by atoms with van der Waals surface area (Å²) in [6.45, 7) is 30.7. The second-order valence-corrected chi connectivity index (χ2v) is 22.5. The molecule has 0 aliphatic rings. The van der Waals surface area contributed by atoms with E-state index in [9.17, 15) is 0 Å². The highest BCUT2D eigenvalue weighted by Crippen LogP contribution is 2.43. The van der Waals surface area contributed by atoms with Crippen LogP contribution < -0.4 is 0 Å². The molecule has 5 heteroatoms. The lowest BCUT2D eigenvalue weighted by molar-refractivity contribution is 0.147. The lowest BCUT2D eigenvalue weighted by atomic mass is 9.89. The van der Waals surface area contributed by atoms with Gasteiger partial charge in [0, 0.05) is 12.0 Å². The molecule has 0 saturated heterocycles. The van der Waals surface area contributed by atoms with Crippen LogP contribution in [0.4, 0.5) is 0 Å². The largest absolute Gasteiger partial charge is 0.546 e. The molecule has 0 bridgehead atoms. The van der Waals surface area contributed by atoms with Crippen LogP contribution in [0.2, 0.25) is 36.3 Å². The van der Waals surface area contributed by atoms with Gasteiger partial charge in [-0.3, -0.25) is 0 Å². The Hall–Kier alpha value is -0.786. The Morgan fingerprint density at radius 2 is 1.52 bits per heavy atom. The zero-order valence-corrected chi connectivity index (χ0v) is 24.7. The van der Waals surface area contributed by atoms with Gasteiger partial charge in [0.15, 0.2) is 8.32 Å². The first kappa shape index (κ1) is 28.2. The van der Waals surface area contributed by atoms with E-state index in [0.29, 0.717) is 12.5 Å². The lowest BCUT2D eigenvalue weighted by Gasteiger charge is -2.43. The first-order valence-corrected chi connectivity index (χ1v) is 17.7.